The lowest BCUT2D eigenvalue weighted by Crippen LogP contribution is -2.39. The number of nitrogens with zero attached hydrogens (tertiary/aromatic N) is 2. The summed E-state index contributed by atoms with van der Waals surface area (Å²) < 4.78 is 0. The maximum Gasteiger partial charge on any atom is 0.227 e. The summed E-state index contributed by atoms with van der Waals surface area (Å²) in [4.78, 5) is 19.3. The van der Waals surface area contributed by atoms with Crippen LogP contribution in [0.5, 0.6) is 0 Å². The average molecular weight is 258 g/mol. The van der Waals surface area contributed by atoms with Gasteiger partial charge in [-0.05, 0) is 13.8 Å². The highest BCUT2D eigenvalue weighted by Crippen LogP contribution is 2.21. The van der Waals surface area contributed by atoms with Crippen LogP contribution < -0.4 is 16.4 Å². The highest BCUT2D eigenvalue weighted by molar-refractivity contribution is 6.32. The Morgan fingerprint density at radius 1 is 1.59 bits per heavy atom. The van der Waals surface area contributed by atoms with Crippen LogP contribution in [0.4, 0.5) is 11.8 Å². The maximum atomic E-state index is 11.6. The second-order valence-corrected chi connectivity index (χ2v) is 4.65. The first-order valence-electron chi connectivity index (χ1n) is 5.11. The third-order valence-corrected chi connectivity index (χ3v) is 2.58. The number of hydrogen-bond donors (Lipinski definition) is 3. The molecule has 0 atom stereocenters. The molecule has 0 spiro atoms. The Balaban J connectivity index is 2.73. The molecule has 0 aliphatic carbocycles. The maximum absolute atomic E-state index is 11.6. The largest absolute Gasteiger partial charge is 0.368 e. The monoisotopic (exact) mass is 257 g/mol. The van der Waals surface area contributed by atoms with Crippen molar-refractivity contribution >= 4 is 29.3 Å². The summed E-state index contributed by atoms with van der Waals surface area (Å²) in [6, 6.07) is 0. The minimum absolute atomic E-state index is 0.0665. The number of nitrogens with two attached hydrogens (primary N) is 1. The third-order valence-electron chi connectivity index (χ3n) is 2.30. The molecule has 0 bridgehead atoms. The number of carbonyl (C=O) groups excluding carboxylic acids is 1. The van der Waals surface area contributed by atoms with E-state index in [0.29, 0.717) is 17.4 Å². The van der Waals surface area contributed by atoms with E-state index in [1.54, 1.807) is 7.05 Å². The minimum atomic E-state index is -0.572. The molecule has 0 aliphatic heterocycles. The summed E-state index contributed by atoms with van der Waals surface area (Å²) in [5, 5.41) is 5.95. The Kier molecular flexibility index (Phi) is 4.11. The number of hydrogen-bond acceptors (Lipinski definition) is 5. The fourth-order valence-corrected chi connectivity index (χ4v) is 1.39. The van der Waals surface area contributed by atoms with Crippen molar-refractivity contribution in [2.24, 2.45) is 5.41 Å². The zero-order chi connectivity index (χ0) is 13.1. The van der Waals surface area contributed by atoms with Crippen LogP contribution in [0.2, 0.25) is 5.02 Å². The van der Waals surface area contributed by atoms with Gasteiger partial charge >= 0.3 is 0 Å². The predicted octanol–water partition coefficient (Wildman–Crippen LogP) is 0.896. The number of halogens is 1. The van der Waals surface area contributed by atoms with Gasteiger partial charge in [-0.15, -0.1) is 0 Å². The fraction of sp³-hybridized carbons (Fsp3) is 0.500. The lowest BCUT2D eigenvalue weighted by Gasteiger charge is -2.23. The number of rotatable bonds is 4. The predicted molar refractivity (Wildman–Crippen MR) is 67.8 cm³/mol. The van der Waals surface area contributed by atoms with Crippen LogP contribution in [0.3, 0.4) is 0 Å². The summed E-state index contributed by atoms with van der Waals surface area (Å²) in [5.41, 5.74) is 4.88. The number of aromatic nitrogens is 2. The molecule has 1 aromatic rings. The lowest BCUT2D eigenvalue weighted by atomic mass is 9.92. The van der Waals surface area contributed by atoms with Crippen LogP contribution >= 0.6 is 11.6 Å². The summed E-state index contributed by atoms with van der Waals surface area (Å²) >= 11 is 5.89. The summed E-state index contributed by atoms with van der Waals surface area (Å²) in [6.45, 7) is 4.03. The molecule has 0 radical (unpaired) electrons. The molecule has 0 aliphatic rings. The quantitative estimate of drug-likeness (QED) is 0.745. The van der Waals surface area contributed by atoms with E-state index in [1.165, 1.54) is 6.20 Å². The Morgan fingerprint density at radius 3 is 2.82 bits per heavy atom. The Morgan fingerprint density at radius 2 is 2.24 bits per heavy atom. The van der Waals surface area contributed by atoms with Crippen molar-refractivity contribution in [3.8, 4) is 0 Å². The van der Waals surface area contributed by atoms with Gasteiger partial charge in [-0.25, -0.2) is 4.98 Å². The molecule has 1 heterocycles. The zero-order valence-corrected chi connectivity index (χ0v) is 10.8. The fourth-order valence-electron chi connectivity index (χ4n) is 1.23. The summed E-state index contributed by atoms with van der Waals surface area (Å²) in [5.74, 6) is 0.494. The molecule has 1 rings (SSSR count). The molecule has 94 valence electrons. The van der Waals surface area contributed by atoms with Crippen LogP contribution in [0, 0.1) is 5.41 Å². The second-order valence-electron chi connectivity index (χ2n) is 4.24. The summed E-state index contributed by atoms with van der Waals surface area (Å²) in [7, 11) is 1.60. The van der Waals surface area contributed by atoms with Crippen LogP contribution in [0.15, 0.2) is 6.20 Å². The third kappa shape index (κ3) is 3.45. The molecule has 7 heteroatoms. The van der Waals surface area contributed by atoms with Crippen LogP contribution in [-0.2, 0) is 4.79 Å². The number of carbonyl (C=O) groups is 1. The number of amides is 1. The molecular formula is C10H16ClN5O. The number of anilines is 2. The van der Waals surface area contributed by atoms with E-state index in [-0.39, 0.29) is 11.9 Å². The smallest absolute Gasteiger partial charge is 0.227 e. The van der Waals surface area contributed by atoms with E-state index in [1.807, 2.05) is 13.8 Å². The first-order valence-corrected chi connectivity index (χ1v) is 5.48. The first kappa shape index (κ1) is 13.5. The van der Waals surface area contributed by atoms with Gasteiger partial charge < -0.3 is 16.4 Å². The average Bonchev–Trinajstić information content (AvgIpc) is 2.29. The van der Waals surface area contributed by atoms with Crippen molar-refractivity contribution in [3.05, 3.63) is 11.2 Å². The van der Waals surface area contributed by atoms with E-state index in [0.717, 1.165) is 0 Å². The molecule has 0 saturated carbocycles. The number of nitrogen functional groups attached to an aromatic ring is 1. The van der Waals surface area contributed by atoms with Crippen molar-refractivity contribution in [3.63, 3.8) is 0 Å². The molecule has 0 aromatic carbocycles. The van der Waals surface area contributed by atoms with Crippen molar-refractivity contribution in [2.75, 3.05) is 24.6 Å². The van der Waals surface area contributed by atoms with Crippen molar-refractivity contribution in [1.29, 1.82) is 0 Å². The number of nitrogens with one attached hydrogen (secondary N) is 2. The summed E-state index contributed by atoms with van der Waals surface area (Å²) in [6.07, 6.45) is 1.42. The van der Waals surface area contributed by atoms with E-state index in [4.69, 9.17) is 17.3 Å². The van der Waals surface area contributed by atoms with Gasteiger partial charge in [-0.3, -0.25) is 4.79 Å². The Bertz CT molecular complexity index is 421. The van der Waals surface area contributed by atoms with E-state index in [2.05, 4.69) is 20.6 Å². The van der Waals surface area contributed by atoms with Gasteiger partial charge in [0.05, 0.1) is 11.6 Å². The molecule has 4 N–H and O–H groups in total. The standard InChI is InChI=1S/C10H16ClN5O/c1-10(2,8(17)13-3)5-15-7-6(11)4-14-9(12)16-7/h4H,5H2,1-3H3,(H,13,17)(H3,12,14,15,16). The molecular weight excluding hydrogens is 242 g/mol. The molecule has 1 aromatic heterocycles. The Hall–Kier alpha value is -1.56. The molecule has 1 amide bonds. The molecule has 0 unspecified atom stereocenters. The van der Waals surface area contributed by atoms with Gasteiger partial charge in [0.15, 0.2) is 5.82 Å². The first-order chi connectivity index (χ1) is 7.86. The van der Waals surface area contributed by atoms with Gasteiger partial charge in [-0.2, -0.15) is 4.98 Å². The minimum Gasteiger partial charge on any atom is -0.368 e. The van der Waals surface area contributed by atoms with Gasteiger partial charge in [0.1, 0.15) is 5.02 Å². The van der Waals surface area contributed by atoms with Crippen LogP contribution in [-0.4, -0.2) is 29.5 Å². The SMILES string of the molecule is CNC(=O)C(C)(C)CNc1nc(N)ncc1Cl. The van der Waals surface area contributed by atoms with Crippen LogP contribution in [0.1, 0.15) is 13.8 Å². The highest BCUT2D eigenvalue weighted by Gasteiger charge is 2.26. The second kappa shape index (κ2) is 5.18. The van der Waals surface area contributed by atoms with E-state index < -0.39 is 5.41 Å². The zero-order valence-electron chi connectivity index (χ0n) is 10.0. The Labute approximate surface area is 105 Å². The topological polar surface area (TPSA) is 92.9 Å². The van der Waals surface area contributed by atoms with Gasteiger partial charge in [-0.1, -0.05) is 11.6 Å². The van der Waals surface area contributed by atoms with Gasteiger partial charge in [0, 0.05) is 13.6 Å². The van der Waals surface area contributed by atoms with Gasteiger partial charge in [0.25, 0.3) is 0 Å². The van der Waals surface area contributed by atoms with Crippen molar-refractivity contribution in [1.82, 2.24) is 15.3 Å². The van der Waals surface area contributed by atoms with Crippen molar-refractivity contribution in [2.45, 2.75) is 13.8 Å². The molecule has 17 heavy (non-hydrogen) atoms. The molecule has 0 saturated heterocycles. The van der Waals surface area contributed by atoms with Gasteiger partial charge in [0.2, 0.25) is 11.9 Å². The van der Waals surface area contributed by atoms with E-state index in [9.17, 15) is 4.79 Å². The molecule has 6 nitrogen and oxygen atoms in total. The molecule has 0 fully saturated rings. The van der Waals surface area contributed by atoms with Crippen LogP contribution in [0.25, 0.3) is 0 Å². The normalized spacial score (nSPS) is 11.1. The van der Waals surface area contributed by atoms with E-state index >= 15 is 0 Å². The van der Waals surface area contributed by atoms with Crippen molar-refractivity contribution < 1.29 is 4.79 Å². The highest BCUT2D eigenvalue weighted by atomic mass is 35.5. The lowest BCUT2D eigenvalue weighted by molar-refractivity contribution is -0.128.